The predicted octanol–water partition coefficient (Wildman–Crippen LogP) is 4.13. The van der Waals surface area contributed by atoms with Crippen molar-refractivity contribution in [1.82, 2.24) is 41.4 Å². The average molecular weight is 1540 g/mol. The van der Waals surface area contributed by atoms with Crippen LogP contribution in [0.25, 0.3) is 0 Å². The zero-order valence-electron chi connectivity index (χ0n) is 64.3. The number of likely N-dealkylation sites (N-methyl/N-ethyl adjacent to an activating group) is 1. The molecule has 2 atom stereocenters. The minimum absolute atomic E-state index is 0.0308. The highest BCUT2D eigenvalue weighted by molar-refractivity contribution is 6.18. The Morgan fingerprint density at radius 1 is 0.435 bits per heavy atom. The molecule has 0 bridgehead atoms. The molecule has 2 rings (SSSR count). The Hall–Kier alpha value is -6.80. The standard InChI is InChI=1S/C74H126N8O26/c1-60(83)80(95)36-13-5-4-8-17-61(84)20-26-70(91)81(96)37-14-6-11-32-75-68(89)25-27-71(92)82(97)38-15-7-12-33-76-69(90)29-40-98-39-16-18-62(85)59-79(3)73(94)108-63-19-9-10-30-74(2,31-28-63)72(93)78-35-42-100-44-46-102-48-50-104-52-54-106-56-58-107-57-55-105-53-51-103-49-47-101-45-43-99-41-34-77-67(88)24-21-64-65(86)22-23-66(64)87/h9,19,22-23,63-64,95-97H,4-8,10-18,20-21,24-59H2,1-3H3,(H,75,89)(H,76,90)(H,77,88)(H,78,93)/b19-9+/t63-,74+/m1/s1. The smallest absolute Gasteiger partial charge is 0.410 e. The summed E-state index contributed by atoms with van der Waals surface area (Å²) in [6.45, 7) is 12.2. The van der Waals surface area contributed by atoms with Gasteiger partial charge in [-0.2, -0.15) is 0 Å². The Bertz CT molecular complexity index is 2620. The van der Waals surface area contributed by atoms with Gasteiger partial charge in [-0.15, -0.1) is 0 Å². The molecule has 108 heavy (non-hydrogen) atoms. The van der Waals surface area contributed by atoms with Gasteiger partial charge in [-0.25, -0.2) is 20.0 Å². The van der Waals surface area contributed by atoms with Gasteiger partial charge in [0.25, 0.3) is 0 Å². The van der Waals surface area contributed by atoms with Crippen LogP contribution >= 0.6 is 0 Å². The van der Waals surface area contributed by atoms with Crippen molar-refractivity contribution < 1.29 is 125 Å². The molecule has 0 radical (unpaired) electrons. The van der Waals surface area contributed by atoms with Crippen LogP contribution in [0, 0.1) is 11.3 Å². The summed E-state index contributed by atoms with van der Waals surface area (Å²) in [6, 6.07) is 0. The van der Waals surface area contributed by atoms with E-state index in [9.17, 15) is 73.2 Å². The Labute approximate surface area is 636 Å². The first-order valence-electron chi connectivity index (χ1n) is 38.3. The van der Waals surface area contributed by atoms with Crippen LogP contribution in [0.2, 0.25) is 0 Å². The van der Waals surface area contributed by atoms with Crippen LogP contribution in [0.3, 0.4) is 0 Å². The number of hydroxylamine groups is 6. The number of rotatable bonds is 69. The number of hydrogen-bond donors (Lipinski definition) is 7. The fourth-order valence-electron chi connectivity index (χ4n) is 10.6. The maximum atomic E-state index is 13.3. The first-order valence-corrected chi connectivity index (χ1v) is 38.3. The fourth-order valence-corrected chi connectivity index (χ4v) is 10.6. The van der Waals surface area contributed by atoms with Gasteiger partial charge in [0.15, 0.2) is 17.3 Å². The van der Waals surface area contributed by atoms with E-state index in [0.717, 1.165) is 12.8 Å². The van der Waals surface area contributed by atoms with Crippen LogP contribution < -0.4 is 21.3 Å². The Morgan fingerprint density at radius 2 is 0.852 bits per heavy atom. The third-order valence-corrected chi connectivity index (χ3v) is 17.2. The molecule has 0 aromatic rings. The summed E-state index contributed by atoms with van der Waals surface area (Å²) in [5, 5.41) is 42.6. The molecule has 8 amide bonds. The second kappa shape index (κ2) is 63.9. The number of ether oxygens (including phenoxy) is 11. The third-order valence-electron chi connectivity index (χ3n) is 17.2. The third kappa shape index (κ3) is 52.3. The molecule has 0 unspecified atom stereocenters. The van der Waals surface area contributed by atoms with Crippen molar-refractivity contribution in [2.24, 2.45) is 11.3 Å². The molecule has 0 fully saturated rings. The molecule has 0 heterocycles. The molecule has 34 nitrogen and oxygen atoms in total. The highest BCUT2D eigenvalue weighted by Gasteiger charge is 2.35. The maximum absolute atomic E-state index is 13.3. The lowest BCUT2D eigenvalue weighted by Gasteiger charge is -2.31. The second-order valence-corrected chi connectivity index (χ2v) is 26.4. The highest BCUT2D eigenvalue weighted by atomic mass is 16.6. The number of amides is 8. The van der Waals surface area contributed by atoms with Gasteiger partial charge >= 0.3 is 6.09 Å². The number of nitrogens with one attached hydrogen (secondary N) is 4. The maximum Gasteiger partial charge on any atom is 0.410 e. The van der Waals surface area contributed by atoms with Gasteiger partial charge < -0.3 is 78.3 Å². The SMILES string of the molecule is CC(=O)N(O)CCCCCCC(=O)CCC(=O)N(O)CCCCCNC(=O)CCC(=O)N(O)CCCCCNC(=O)CCOCCCC(=O)CN(C)C(=O)O[C@@H]1/C=C/CC[C@](C)(C(=O)NCCOCCOCCOCCOCCOCCOCCOCCOCCOCCNC(=O)CCC2C(=O)C=CC2=O)CC1. The van der Waals surface area contributed by atoms with Crippen molar-refractivity contribution in [1.29, 1.82) is 0 Å². The molecular formula is C74H126N8O26. The molecule has 7 N–H and O–H groups in total. The van der Waals surface area contributed by atoms with Crippen LogP contribution in [-0.4, -0.2) is 304 Å². The van der Waals surface area contributed by atoms with Crippen LogP contribution in [-0.2, 0) is 105 Å². The fraction of sp³-hybridized carbons (Fsp3) is 0.784. The number of nitrogens with zero attached hydrogens (tertiary/aromatic N) is 4. The molecule has 0 spiro atoms. The van der Waals surface area contributed by atoms with Gasteiger partial charge in [0.2, 0.25) is 41.4 Å². The Balaban J connectivity index is 1.34. The lowest BCUT2D eigenvalue weighted by atomic mass is 9.78. The predicted molar refractivity (Wildman–Crippen MR) is 390 cm³/mol. The van der Waals surface area contributed by atoms with Gasteiger partial charge in [0.05, 0.1) is 138 Å². The van der Waals surface area contributed by atoms with Crippen molar-refractivity contribution in [3.05, 3.63) is 24.3 Å². The minimum atomic E-state index is -0.731. The minimum Gasteiger partial charge on any atom is -0.442 e. The number of ketones is 4. The Kier molecular flexibility index (Phi) is 57.6. The molecule has 0 saturated carbocycles. The van der Waals surface area contributed by atoms with Gasteiger partial charge in [0, 0.05) is 123 Å². The molecule has 618 valence electrons. The topological polar surface area (TPSA) is 428 Å². The van der Waals surface area contributed by atoms with Crippen LogP contribution in [0.4, 0.5) is 4.79 Å². The molecule has 0 saturated heterocycles. The first-order chi connectivity index (χ1) is 52.1. The molecule has 0 aromatic heterocycles. The molecule has 0 aliphatic heterocycles. The van der Waals surface area contributed by atoms with Crippen molar-refractivity contribution in [2.75, 3.05) is 192 Å². The van der Waals surface area contributed by atoms with Gasteiger partial charge in [-0.1, -0.05) is 25.8 Å². The van der Waals surface area contributed by atoms with E-state index in [1.54, 1.807) is 0 Å². The summed E-state index contributed by atoms with van der Waals surface area (Å²) in [5.41, 5.74) is -0.698. The van der Waals surface area contributed by atoms with Crippen molar-refractivity contribution >= 4 is 70.6 Å². The number of carbonyl (C=O) groups excluding carboxylic acids is 12. The molecule has 2 aliphatic rings. The van der Waals surface area contributed by atoms with Gasteiger partial charge in [0.1, 0.15) is 11.9 Å². The second-order valence-electron chi connectivity index (χ2n) is 26.4. The summed E-state index contributed by atoms with van der Waals surface area (Å²) in [6.07, 6.45) is 14.2. The van der Waals surface area contributed by atoms with E-state index < -0.39 is 41.3 Å². The van der Waals surface area contributed by atoms with Crippen molar-refractivity contribution in [2.45, 2.75) is 174 Å². The Morgan fingerprint density at radius 3 is 1.36 bits per heavy atom. The molecule has 0 aromatic carbocycles. The monoisotopic (exact) mass is 1540 g/mol. The molecular weight excluding hydrogens is 1420 g/mol. The summed E-state index contributed by atoms with van der Waals surface area (Å²) in [5.74, 6) is -3.96. The van der Waals surface area contributed by atoms with Crippen molar-refractivity contribution in [3.8, 4) is 0 Å². The first kappa shape index (κ1) is 97.3. The molecule has 2 aliphatic carbocycles. The average Bonchev–Trinajstić information content (AvgIpc) is 1.89. The number of hydrogen-bond acceptors (Lipinski definition) is 26. The van der Waals surface area contributed by atoms with Gasteiger partial charge in [-0.3, -0.25) is 68.4 Å². The van der Waals surface area contributed by atoms with E-state index >= 15 is 0 Å². The van der Waals surface area contributed by atoms with Crippen LogP contribution in [0.15, 0.2) is 24.3 Å². The van der Waals surface area contributed by atoms with E-state index in [4.69, 9.17) is 52.1 Å². The summed E-state index contributed by atoms with van der Waals surface area (Å²) >= 11 is 0. The van der Waals surface area contributed by atoms with E-state index in [1.165, 1.54) is 31.0 Å². The van der Waals surface area contributed by atoms with Crippen LogP contribution in [0.1, 0.15) is 168 Å². The number of allylic oxidation sites excluding steroid dienone is 3. The lowest BCUT2D eigenvalue weighted by Crippen LogP contribution is -2.41. The highest BCUT2D eigenvalue weighted by Crippen LogP contribution is 2.33. The number of carbonyl (C=O) groups is 12. The zero-order valence-corrected chi connectivity index (χ0v) is 64.3. The van der Waals surface area contributed by atoms with E-state index in [-0.39, 0.29) is 138 Å². The normalized spacial score (nSPS) is 15.3. The van der Waals surface area contributed by atoms with E-state index in [1.807, 2.05) is 19.1 Å². The van der Waals surface area contributed by atoms with Crippen molar-refractivity contribution in [3.63, 3.8) is 0 Å². The summed E-state index contributed by atoms with van der Waals surface area (Å²) < 4.78 is 61.0. The number of Topliss-reactive ketones (excluding diaryl/α,β-unsaturated/α-hetero) is 2. The zero-order chi connectivity index (χ0) is 79.1. The number of unbranched alkanes of at least 4 members (excludes halogenated alkanes) is 7. The largest absolute Gasteiger partial charge is 0.442 e. The summed E-state index contributed by atoms with van der Waals surface area (Å²) in [7, 11) is 1.49. The quantitative estimate of drug-likeness (QED) is 0.0148. The van der Waals surface area contributed by atoms with E-state index in [2.05, 4.69) is 21.3 Å². The van der Waals surface area contributed by atoms with Gasteiger partial charge in [-0.05, 0) is 108 Å². The van der Waals surface area contributed by atoms with E-state index in [0.29, 0.717) is 250 Å². The van der Waals surface area contributed by atoms with Crippen LogP contribution in [0.5, 0.6) is 0 Å². The summed E-state index contributed by atoms with van der Waals surface area (Å²) in [4.78, 5) is 148. The lowest BCUT2D eigenvalue weighted by molar-refractivity contribution is -0.166. The molecule has 34 heteroatoms.